The molecule has 0 bridgehead atoms. The second kappa shape index (κ2) is 5.98. The number of amides is 1. The Morgan fingerprint density at radius 3 is 3.27 bits per heavy atom. The summed E-state index contributed by atoms with van der Waals surface area (Å²) in [4.78, 5) is 11.4. The zero-order chi connectivity index (χ0) is 11.1. The molecule has 1 N–H and O–H groups in total. The summed E-state index contributed by atoms with van der Waals surface area (Å²) in [7, 11) is 1.55. The van der Waals surface area contributed by atoms with Crippen molar-refractivity contribution in [1.82, 2.24) is 10.5 Å². The lowest BCUT2D eigenvalue weighted by atomic mass is 10.3. The molecule has 0 atom stereocenters. The van der Waals surface area contributed by atoms with Crippen molar-refractivity contribution in [3.63, 3.8) is 0 Å². The highest BCUT2D eigenvalue weighted by Crippen LogP contribution is 2.04. The number of carbonyl (C=O) groups is 1. The third-order valence-corrected chi connectivity index (χ3v) is 1.71. The van der Waals surface area contributed by atoms with Crippen LogP contribution in [0.5, 0.6) is 0 Å². The molecule has 1 rings (SSSR count). The molecule has 0 aliphatic heterocycles. The van der Waals surface area contributed by atoms with E-state index in [4.69, 9.17) is 9.26 Å². The number of carbonyl (C=O) groups excluding carboxylic acids is 1. The minimum atomic E-state index is -0.247. The quantitative estimate of drug-likeness (QED) is 0.564. The van der Waals surface area contributed by atoms with Gasteiger partial charge in [0.25, 0.3) is 5.91 Å². The van der Waals surface area contributed by atoms with Gasteiger partial charge in [-0.15, -0.1) is 6.58 Å². The first-order valence-corrected chi connectivity index (χ1v) is 4.61. The Morgan fingerprint density at radius 2 is 2.60 bits per heavy atom. The lowest BCUT2D eigenvalue weighted by Crippen LogP contribution is -2.24. The lowest BCUT2D eigenvalue weighted by molar-refractivity contribution is 0.0944. The van der Waals surface area contributed by atoms with Crippen LogP contribution in [0.1, 0.15) is 22.7 Å². The predicted molar refractivity (Wildman–Crippen MR) is 54.4 cm³/mol. The van der Waals surface area contributed by atoms with Gasteiger partial charge in [-0.1, -0.05) is 11.2 Å². The van der Waals surface area contributed by atoms with Crippen LogP contribution in [0.3, 0.4) is 0 Å². The van der Waals surface area contributed by atoms with Crippen LogP contribution < -0.4 is 5.32 Å². The molecule has 1 amide bonds. The fourth-order valence-corrected chi connectivity index (χ4v) is 1.01. The molecular weight excluding hydrogens is 196 g/mol. The zero-order valence-corrected chi connectivity index (χ0v) is 8.66. The standard InChI is InChI=1S/C10H14N2O3/c1-3-4-5-11-10(13)9-6-8(7-14-2)15-12-9/h3,6H,1,4-5,7H2,2H3,(H,11,13). The van der Waals surface area contributed by atoms with E-state index in [1.165, 1.54) is 0 Å². The minimum Gasteiger partial charge on any atom is -0.377 e. The summed E-state index contributed by atoms with van der Waals surface area (Å²) in [5, 5.41) is 6.30. The van der Waals surface area contributed by atoms with Gasteiger partial charge in [0.1, 0.15) is 6.61 Å². The summed E-state index contributed by atoms with van der Waals surface area (Å²) in [6.07, 6.45) is 2.47. The van der Waals surface area contributed by atoms with Crippen LogP contribution >= 0.6 is 0 Å². The molecule has 0 aliphatic rings. The number of nitrogens with zero attached hydrogens (tertiary/aromatic N) is 1. The number of hydrogen-bond donors (Lipinski definition) is 1. The van der Waals surface area contributed by atoms with Crippen LogP contribution in [0, 0.1) is 0 Å². The second-order valence-corrected chi connectivity index (χ2v) is 2.94. The van der Waals surface area contributed by atoms with Crippen molar-refractivity contribution in [1.29, 1.82) is 0 Å². The van der Waals surface area contributed by atoms with Crippen molar-refractivity contribution in [2.24, 2.45) is 0 Å². The van der Waals surface area contributed by atoms with Crippen molar-refractivity contribution in [3.05, 3.63) is 30.2 Å². The Hall–Kier alpha value is -1.62. The molecule has 0 aromatic carbocycles. The van der Waals surface area contributed by atoms with E-state index in [1.807, 2.05) is 0 Å². The van der Waals surface area contributed by atoms with Gasteiger partial charge in [0.05, 0.1) is 0 Å². The van der Waals surface area contributed by atoms with Crippen LogP contribution in [-0.4, -0.2) is 24.7 Å². The molecule has 1 aromatic heterocycles. The number of rotatable bonds is 6. The van der Waals surface area contributed by atoms with Gasteiger partial charge in [0.2, 0.25) is 0 Å². The molecule has 0 spiro atoms. The number of ether oxygens (including phenoxy) is 1. The van der Waals surface area contributed by atoms with Gasteiger partial charge in [-0.3, -0.25) is 4.79 Å². The van der Waals surface area contributed by atoms with E-state index in [-0.39, 0.29) is 11.6 Å². The Kier molecular flexibility index (Phi) is 4.56. The first-order valence-electron chi connectivity index (χ1n) is 4.61. The molecule has 1 aromatic rings. The summed E-state index contributed by atoms with van der Waals surface area (Å²) >= 11 is 0. The molecule has 15 heavy (non-hydrogen) atoms. The molecule has 0 saturated heterocycles. The maximum Gasteiger partial charge on any atom is 0.273 e. The summed E-state index contributed by atoms with van der Waals surface area (Å²) in [5.74, 6) is 0.286. The van der Waals surface area contributed by atoms with Gasteiger partial charge in [0.15, 0.2) is 11.5 Å². The summed E-state index contributed by atoms with van der Waals surface area (Å²) in [5.41, 5.74) is 0.270. The van der Waals surface area contributed by atoms with Crippen LogP contribution in [0.4, 0.5) is 0 Å². The Morgan fingerprint density at radius 1 is 1.80 bits per heavy atom. The fraction of sp³-hybridized carbons (Fsp3) is 0.400. The molecule has 1 heterocycles. The van der Waals surface area contributed by atoms with Crippen LogP contribution in [0.2, 0.25) is 0 Å². The number of hydrogen-bond acceptors (Lipinski definition) is 4. The molecule has 5 nitrogen and oxygen atoms in total. The monoisotopic (exact) mass is 210 g/mol. The second-order valence-electron chi connectivity index (χ2n) is 2.94. The van der Waals surface area contributed by atoms with Crippen molar-refractivity contribution >= 4 is 5.91 Å². The number of methoxy groups -OCH3 is 1. The van der Waals surface area contributed by atoms with E-state index in [1.54, 1.807) is 19.3 Å². The van der Waals surface area contributed by atoms with E-state index in [2.05, 4.69) is 17.1 Å². The molecular formula is C10H14N2O3. The maximum absolute atomic E-state index is 11.4. The van der Waals surface area contributed by atoms with E-state index in [0.717, 1.165) is 6.42 Å². The summed E-state index contributed by atoms with van der Waals surface area (Å²) in [6, 6.07) is 1.56. The largest absolute Gasteiger partial charge is 0.377 e. The van der Waals surface area contributed by atoms with Gasteiger partial charge in [0, 0.05) is 19.7 Å². The lowest BCUT2D eigenvalue weighted by Gasteiger charge is -1.98. The molecule has 0 aliphatic carbocycles. The first kappa shape index (κ1) is 11.5. The van der Waals surface area contributed by atoms with Crippen molar-refractivity contribution in [2.45, 2.75) is 13.0 Å². The maximum atomic E-state index is 11.4. The Labute approximate surface area is 88.1 Å². The molecule has 82 valence electrons. The smallest absolute Gasteiger partial charge is 0.273 e. The summed E-state index contributed by atoms with van der Waals surface area (Å²) in [6.45, 7) is 4.42. The number of nitrogens with one attached hydrogen (secondary N) is 1. The highest BCUT2D eigenvalue weighted by atomic mass is 16.5. The molecule has 0 radical (unpaired) electrons. The van der Waals surface area contributed by atoms with E-state index in [0.29, 0.717) is 18.9 Å². The Balaban J connectivity index is 2.46. The van der Waals surface area contributed by atoms with Crippen molar-refractivity contribution in [2.75, 3.05) is 13.7 Å². The SMILES string of the molecule is C=CCCNC(=O)c1cc(COC)on1. The van der Waals surface area contributed by atoms with E-state index >= 15 is 0 Å². The topological polar surface area (TPSA) is 64.4 Å². The van der Waals surface area contributed by atoms with Gasteiger partial charge in [-0.2, -0.15) is 0 Å². The minimum absolute atomic E-state index is 0.247. The predicted octanol–water partition coefficient (Wildman–Crippen LogP) is 1.13. The van der Waals surface area contributed by atoms with Crippen molar-refractivity contribution < 1.29 is 14.1 Å². The molecule has 0 fully saturated rings. The van der Waals surface area contributed by atoms with Gasteiger partial charge in [-0.25, -0.2) is 0 Å². The highest BCUT2D eigenvalue weighted by Gasteiger charge is 2.11. The van der Waals surface area contributed by atoms with Gasteiger partial charge >= 0.3 is 0 Å². The van der Waals surface area contributed by atoms with Gasteiger partial charge < -0.3 is 14.6 Å². The highest BCUT2D eigenvalue weighted by molar-refractivity contribution is 5.92. The summed E-state index contributed by atoms with van der Waals surface area (Å²) < 4.78 is 9.72. The van der Waals surface area contributed by atoms with E-state index < -0.39 is 0 Å². The third-order valence-electron chi connectivity index (χ3n) is 1.71. The number of aromatic nitrogens is 1. The average molecular weight is 210 g/mol. The van der Waals surface area contributed by atoms with Crippen LogP contribution in [0.15, 0.2) is 23.2 Å². The molecule has 5 heteroatoms. The van der Waals surface area contributed by atoms with Gasteiger partial charge in [-0.05, 0) is 6.42 Å². The molecule has 0 unspecified atom stereocenters. The van der Waals surface area contributed by atoms with Crippen molar-refractivity contribution in [3.8, 4) is 0 Å². The zero-order valence-electron chi connectivity index (χ0n) is 8.66. The first-order chi connectivity index (χ1) is 7.27. The molecule has 0 saturated carbocycles. The Bertz CT molecular complexity index is 333. The third kappa shape index (κ3) is 3.55. The fourth-order valence-electron chi connectivity index (χ4n) is 1.01. The average Bonchev–Trinajstić information content (AvgIpc) is 2.67. The normalized spacial score (nSPS) is 9.93. The van der Waals surface area contributed by atoms with E-state index in [9.17, 15) is 4.79 Å². The van der Waals surface area contributed by atoms with Crippen LogP contribution in [0.25, 0.3) is 0 Å². The van der Waals surface area contributed by atoms with Crippen LogP contribution in [-0.2, 0) is 11.3 Å².